The summed E-state index contributed by atoms with van der Waals surface area (Å²) in [6.07, 6.45) is 7.56. The van der Waals surface area contributed by atoms with Crippen molar-refractivity contribution in [2.24, 2.45) is 17.8 Å². The van der Waals surface area contributed by atoms with Crippen molar-refractivity contribution >= 4 is 40.8 Å². The van der Waals surface area contributed by atoms with Gasteiger partial charge in [0.1, 0.15) is 17.5 Å². The summed E-state index contributed by atoms with van der Waals surface area (Å²) in [5.74, 6) is 4.09. The van der Waals surface area contributed by atoms with Crippen LogP contribution in [-0.4, -0.2) is 45.2 Å². The summed E-state index contributed by atoms with van der Waals surface area (Å²) in [5, 5.41) is 21.2. The summed E-state index contributed by atoms with van der Waals surface area (Å²) >= 11 is 1.50. The lowest BCUT2D eigenvalue weighted by molar-refractivity contribution is -0.117. The number of rotatable bonds is 8. The third-order valence-electron chi connectivity index (χ3n) is 7.13. The van der Waals surface area contributed by atoms with Gasteiger partial charge in [0, 0.05) is 41.2 Å². The number of hydrogen-bond donors (Lipinski definition) is 5. The molecule has 3 aromatic rings. The molecule has 1 aromatic carbocycles. The minimum Gasteiger partial charge on any atom is -0.366 e. The average molecular weight is 491 g/mol. The molecule has 2 aliphatic carbocycles. The maximum Gasteiger partial charge on any atom is 0.227 e. The average Bonchev–Trinajstić information content (AvgIpc) is 3.58. The summed E-state index contributed by atoms with van der Waals surface area (Å²) < 4.78 is 0. The van der Waals surface area contributed by atoms with Crippen LogP contribution in [-0.2, 0) is 4.79 Å². The fourth-order valence-electron chi connectivity index (χ4n) is 4.90. The Bertz CT molecular complexity index is 1160. The molecule has 2 unspecified atom stereocenters. The van der Waals surface area contributed by atoms with Gasteiger partial charge in [0.25, 0.3) is 0 Å². The fourth-order valence-corrected chi connectivity index (χ4v) is 5.67. The zero-order chi connectivity index (χ0) is 23.6. The van der Waals surface area contributed by atoms with E-state index in [0.29, 0.717) is 22.9 Å². The highest BCUT2D eigenvalue weighted by atomic mass is 32.2. The molecule has 0 radical (unpaired) electrons. The van der Waals surface area contributed by atoms with Gasteiger partial charge >= 0.3 is 0 Å². The molecule has 6 rings (SSSR count). The number of anilines is 4. The second-order valence-corrected chi connectivity index (χ2v) is 10.7. The standard InChI is InChI=1S/C25H30N8OS/c34-24(16-1-2-16)28-17-4-6-18(7-5-17)35-25-31-22(13-23(32-25)30-21-10-12-27-33-21)29-20-14-26-11-9-15-3-8-19(15)20/h4-7,10,12-13,15-16,19-20,26H,1-3,8-9,11,14H2,(H,28,34)(H3,27,29,30,31,32,33)/t15?,19?,20-/m1/s1. The van der Waals surface area contributed by atoms with Crippen LogP contribution in [0.15, 0.2) is 52.6 Å². The van der Waals surface area contributed by atoms with Crippen LogP contribution in [0.4, 0.5) is 23.1 Å². The summed E-state index contributed by atoms with van der Waals surface area (Å²) in [6.45, 7) is 2.04. The predicted molar refractivity (Wildman–Crippen MR) is 137 cm³/mol. The molecule has 5 N–H and O–H groups in total. The first kappa shape index (κ1) is 22.4. The number of carbonyl (C=O) groups excluding carboxylic acids is 1. The Labute approximate surface area is 208 Å². The Kier molecular flexibility index (Phi) is 6.30. The van der Waals surface area contributed by atoms with Crippen molar-refractivity contribution in [1.29, 1.82) is 0 Å². The van der Waals surface area contributed by atoms with E-state index in [2.05, 4.69) is 31.5 Å². The summed E-state index contributed by atoms with van der Waals surface area (Å²) in [6, 6.07) is 12.0. The van der Waals surface area contributed by atoms with Gasteiger partial charge < -0.3 is 21.3 Å². The third-order valence-corrected chi connectivity index (χ3v) is 8.00. The van der Waals surface area contributed by atoms with Crippen LogP contribution in [0.3, 0.4) is 0 Å². The number of carbonyl (C=O) groups is 1. The van der Waals surface area contributed by atoms with Crippen molar-refractivity contribution < 1.29 is 4.79 Å². The Morgan fingerprint density at radius 1 is 1.00 bits per heavy atom. The van der Waals surface area contributed by atoms with E-state index in [-0.39, 0.29) is 11.8 Å². The van der Waals surface area contributed by atoms with Crippen molar-refractivity contribution in [3.8, 4) is 0 Å². The Morgan fingerprint density at radius 2 is 1.86 bits per heavy atom. The molecule has 2 aromatic heterocycles. The van der Waals surface area contributed by atoms with E-state index in [4.69, 9.17) is 9.97 Å². The van der Waals surface area contributed by atoms with Crippen LogP contribution >= 0.6 is 11.8 Å². The molecule has 1 amide bonds. The monoisotopic (exact) mass is 490 g/mol. The zero-order valence-electron chi connectivity index (χ0n) is 19.5. The van der Waals surface area contributed by atoms with Gasteiger partial charge in [-0.15, -0.1) is 0 Å². The molecule has 10 heteroatoms. The molecule has 2 saturated carbocycles. The van der Waals surface area contributed by atoms with E-state index in [9.17, 15) is 4.79 Å². The summed E-state index contributed by atoms with van der Waals surface area (Å²) in [7, 11) is 0. The summed E-state index contributed by atoms with van der Waals surface area (Å²) in [5.41, 5.74) is 0.820. The van der Waals surface area contributed by atoms with Crippen LogP contribution in [0.25, 0.3) is 0 Å². The number of benzene rings is 1. The van der Waals surface area contributed by atoms with E-state index < -0.39 is 0 Å². The van der Waals surface area contributed by atoms with E-state index in [0.717, 1.165) is 54.1 Å². The van der Waals surface area contributed by atoms with Gasteiger partial charge in [0.2, 0.25) is 5.91 Å². The van der Waals surface area contributed by atoms with Crippen molar-refractivity contribution in [3.05, 3.63) is 42.6 Å². The van der Waals surface area contributed by atoms with E-state index in [1.54, 1.807) is 6.20 Å². The third kappa shape index (κ3) is 5.43. The maximum atomic E-state index is 12.0. The second-order valence-electron chi connectivity index (χ2n) is 9.65. The van der Waals surface area contributed by atoms with Crippen molar-refractivity contribution in [1.82, 2.24) is 25.5 Å². The number of hydrogen-bond acceptors (Lipinski definition) is 8. The second kappa shape index (κ2) is 9.87. The lowest BCUT2D eigenvalue weighted by atomic mass is 9.69. The minimum atomic E-state index is 0.115. The van der Waals surface area contributed by atoms with Crippen molar-refractivity contribution in [3.63, 3.8) is 0 Å². The molecule has 0 spiro atoms. The first-order valence-electron chi connectivity index (χ1n) is 12.4. The first-order valence-corrected chi connectivity index (χ1v) is 13.2. The van der Waals surface area contributed by atoms with Gasteiger partial charge in [0.15, 0.2) is 5.16 Å². The van der Waals surface area contributed by atoms with Crippen LogP contribution < -0.4 is 21.3 Å². The molecule has 0 bridgehead atoms. The smallest absolute Gasteiger partial charge is 0.227 e. The van der Waals surface area contributed by atoms with Crippen molar-refractivity contribution in [2.45, 2.75) is 48.2 Å². The molecular weight excluding hydrogens is 460 g/mol. The Hall–Kier alpha value is -3.11. The number of fused-ring (bicyclic) bond motifs is 1. The highest BCUT2D eigenvalue weighted by Gasteiger charge is 2.38. The first-order chi connectivity index (χ1) is 17.2. The number of aromatic nitrogens is 4. The zero-order valence-corrected chi connectivity index (χ0v) is 20.3. The number of H-pyrrole nitrogens is 1. The van der Waals surface area contributed by atoms with Crippen LogP contribution in [0.2, 0.25) is 0 Å². The highest BCUT2D eigenvalue weighted by Crippen LogP contribution is 2.41. The number of amides is 1. The quantitative estimate of drug-likeness (QED) is 0.298. The van der Waals surface area contributed by atoms with Gasteiger partial charge in [-0.25, -0.2) is 9.97 Å². The van der Waals surface area contributed by atoms with Crippen LogP contribution in [0.5, 0.6) is 0 Å². The molecule has 3 heterocycles. The molecule has 182 valence electrons. The van der Waals surface area contributed by atoms with Gasteiger partial charge in [-0.3, -0.25) is 9.89 Å². The van der Waals surface area contributed by atoms with Gasteiger partial charge in [0.05, 0.1) is 6.20 Å². The number of aromatic amines is 1. The van der Waals surface area contributed by atoms with E-state index >= 15 is 0 Å². The highest BCUT2D eigenvalue weighted by molar-refractivity contribution is 7.99. The Balaban J connectivity index is 1.20. The number of nitrogens with one attached hydrogen (secondary N) is 5. The van der Waals surface area contributed by atoms with Crippen LogP contribution in [0.1, 0.15) is 32.1 Å². The molecule has 35 heavy (non-hydrogen) atoms. The molecule has 1 saturated heterocycles. The maximum absolute atomic E-state index is 12.0. The number of nitrogens with zero attached hydrogens (tertiary/aromatic N) is 3. The Morgan fingerprint density at radius 3 is 2.60 bits per heavy atom. The van der Waals surface area contributed by atoms with Gasteiger partial charge in [-0.05, 0) is 86.5 Å². The van der Waals surface area contributed by atoms with E-state index in [1.165, 1.54) is 31.0 Å². The van der Waals surface area contributed by atoms with Gasteiger partial charge in [-0.1, -0.05) is 0 Å². The molecular formula is C25H30N8OS. The minimum absolute atomic E-state index is 0.115. The normalized spacial score (nSPS) is 23.5. The molecule has 9 nitrogen and oxygen atoms in total. The van der Waals surface area contributed by atoms with Gasteiger partial charge in [-0.2, -0.15) is 5.10 Å². The predicted octanol–water partition coefficient (Wildman–Crippen LogP) is 4.24. The van der Waals surface area contributed by atoms with E-state index in [1.807, 2.05) is 36.4 Å². The van der Waals surface area contributed by atoms with Crippen molar-refractivity contribution in [2.75, 3.05) is 29.0 Å². The van der Waals surface area contributed by atoms with Crippen LogP contribution in [0, 0.1) is 17.8 Å². The summed E-state index contributed by atoms with van der Waals surface area (Å²) in [4.78, 5) is 22.6. The molecule has 3 atom stereocenters. The lowest BCUT2D eigenvalue weighted by Crippen LogP contribution is -2.43. The molecule has 3 aliphatic rings. The fraction of sp³-hybridized carbons (Fsp3) is 0.440. The topological polar surface area (TPSA) is 120 Å². The lowest BCUT2D eigenvalue weighted by Gasteiger charge is -2.40. The molecule has 3 fully saturated rings. The largest absolute Gasteiger partial charge is 0.366 e. The molecule has 1 aliphatic heterocycles. The SMILES string of the molecule is O=C(Nc1ccc(Sc2nc(Nc3ccn[nH]3)cc(N[C@@H]3CNCCC4CCC43)n2)cc1)C1CC1.